The maximum absolute atomic E-state index is 6.04. The minimum absolute atomic E-state index is 0.196. The van der Waals surface area contributed by atoms with Crippen LogP contribution in [0.5, 0.6) is 0 Å². The Morgan fingerprint density at radius 2 is 2.14 bits per heavy atom. The lowest BCUT2D eigenvalue weighted by molar-refractivity contribution is 0.811. The SMILES string of the molecule is CCc1cccc(/C=C/C2CC=c3ccc(Cl)cc3=N2)c1. The first kappa shape index (κ1) is 14.1. The summed E-state index contributed by atoms with van der Waals surface area (Å²) in [5, 5.41) is 2.91. The van der Waals surface area contributed by atoms with E-state index in [9.17, 15) is 0 Å². The second-order valence-electron chi connectivity index (χ2n) is 5.30. The zero-order valence-corrected chi connectivity index (χ0v) is 12.8. The summed E-state index contributed by atoms with van der Waals surface area (Å²) in [6, 6.07) is 14.7. The molecule has 0 amide bonds. The number of aryl methyl sites for hydroxylation is 1. The Kier molecular flexibility index (Phi) is 4.21. The molecule has 1 aliphatic heterocycles. The van der Waals surface area contributed by atoms with Crippen LogP contribution in [0, 0.1) is 0 Å². The molecule has 0 radical (unpaired) electrons. The van der Waals surface area contributed by atoms with Crippen LogP contribution in [0.25, 0.3) is 12.2 Å². The van der Waals surface area contributed by atoms with Gasteiger partial charge in [-0.15, -0.1) is 0 Å². The van der Waals surface area contributed by atoms with Crippen molar-refractivity contribution in [2.45, 2.75) is 25.8 Å². The van der Waals surface area contributed by atoms with Gasteiger partial charge < -0.3 is 0 Å². The Labute approximate surface area is 130 Å². The van der Waals surface area contributed by atoms with E-state index in [1.807, 2.05) is 18.2 Å². The van der Waals surface area contributed by atoms with Gasteiger partial charge in [-0.1, -0.05) is 67.1 Å². The molecular formula is C19H18ClN. The zero-order chi connectivity index (χ0) is 14.7. The van der Waals surface area contributed by atoms with Gasteiger partial charge in [-0.25, -0.2) is 0 Å². The molecule has 2 aromatic carbocycles. The second-order valence-corrected chi connectivity index (χ2v) is 5.73. The molecule has 1 heterocycles. The molecule has 1 unspecified atom stereocenters. The lowest BCUT2D eigenvalue weighted by Crippen LogP contribution is -2.30. The summed E-state index contributed by atoms with van der Waals surface area (Å²) in [6.07, 6.45) is 8.58. The first-order valence-corrected chi connectivity index (χ1v) is 7.73. The summed E-state index contributed by atoms with van der Waals surface area (Å²) < 4.78 is 0. The molecule has 0 spiro atoms. The molecule has 2 aromatic rings. The van der Waals surface area contributed by atoms with Crippen LogP contribution in [0.2, 0.25) is 5.02 Å². The highest BCUT2D eigenvalue weighted by Gasteiger charge is 2.05. The molecule has 0 N–H and O–H groups in total. The number of nitrogens with zero attached hydrogens (tertiary/aromatic N) is 1. The van der Waals surface area contributed by atoms with Gasteiger partial charge in [0.15, 0.2) is 0 Å². The van der Waals surface area contributed by atoms with Crippen molar-refractivity contribution in [2.75, 3.05) is 0 Å². The quantitative estimate of drug-likeness (QED) is 0.817. The lowest BCUT2D eigenvalue weighted by atomic mass is 10.1. The Hall–Kier alpha value is -1.86. The predicted octanol–water partition coefficient (Wildman–Crippen LogP) is 3.79. The van der Waals surface area contributed by atoms with E-state index in [0.717, 1.165) is 23.2 Å². The third kappa shape index (κ3) is 3.43. The molecule has 106 valence electrons. The third-order valence-electron chi connectivity index (χ3n) is 3.75. The molecule has 1 aliphatic rings. The van der Waals surface area contributed by atoms with Gasteiger partial charge in [0, 0.05) is 5.02 Å². The number of rotatable bonds is 3. The number of hydrogen-bond acceptors (Lipinski definition) is 1. The van der Waals surface area contributed by atoms with E-state index in [0.29, 0.717) is 0 Å². The molecule has 3 rings (SSSR count). The highest BCUT2D eigenvalue weighted by molar-refractivity contribution is 6.30. The first-order chi connectivity index (χ1) is 10.2. The van der Waals surface area contributed by atoms with Gasteiger partial charge in [0.1, 0.15) is 0 Å². The van der Waals surface area contributed by atoms with Crippen LogP contribution >= 0.6 is 11.6 Å². The lowest BCUT2D eigenvalue weighted by Gasteiger charge is -2.09. The van der Waals surface area contributed by atoms with E-state index in [1.54, 1.807) is 0 Å². The van der Waals surface area contributed by atoms with Gasteiger partial charge in [-0.3, -0.25) is 4.99 Å². The number of benzene rings is 2. The van der Waals surface area contributed by atoms with Crippen LogP contribution in [0.4, 0.5) is 0 Å². The first-order valence-electron chi connectivity index (χ1n) is 7.35. The molecular weight excluding hydrogens is 278 g/mol. The molecule has 1 nitrogen and oxygen atoms in total. The third-order valence-corrected chi connectivity index (χ3v) is 3.98. The monoisotopic (exact) mass is 295 g/mol. The molecule has 2 heteroatoms. The summed E-state index contributed by atoms with van der Waals surface area (Å²) in [5.41, 5.74) is 2.60. The van der Waals surface area contributed by atoms with E-state index in [-0.39, 0.29) is 6.04 Å². The fraction of sp³-hybridized carbons (Fsp3) is 0.211. The van der Waals surface area contributed by atoms with E-state index in [2.05, 4.69) is 49.4 Å². The highest BCUT2D eigenvalue weighted by atomic mass is 35.5. The predicted molar refractivity (Wildman–Crippen MR) is 90.0 cm³/mol. The molecule has 0 aromatic heterocycles. The van der Waals surface area contributed by atoms with Crippen LogP contribution in [-0.4, -0.2) is 6.04 Å². The largest absolute Gasteiger partial charge is 0.277 e. The minimum atomic E-state index is 0.196. The highest BCUT2D eigenvalue weighted by Crippen LogP contribution is 2.11. The summed E-state index contributed by atoms with van der Waals surface area (Å²) in [5.74, 6) is 0. The summed E-state index contributed by atoms with van der Waals surface area (Å²) in [6.45, 7) is 2.18. The molecule has 0 bridgehead atoms. The number of fused-ring (bicyclic) bond motifs is 1. The number of halogens is 1. The topological polar surface area (TPSA) is 12.4 Å². The van der Waals surface area contributed by atoms with Gasteiger partial charge in [0.05, 0.1) is 11.4 Å². The molecule has 0 saturated carbocycles. The van der Waals surface area contributed by atoms with Gasteiger partial charge in [0.2, 0.25) is 0 Å². The van der Waals surface area contributed by atoms with Crippen molar-refractivity contribution in [3.63, 3.8) is 0 Å². The van der Waals surface area contributed by atoms with Crippen LogP contribution in [0.15, 0.2) is 53.5 Å². The number of hydrogen-bond donors (Lipinski definition) is 0. The van der Waals surface area contributed by atoms with Crippen LogP contribution < -0.4 is 10.6 Å². The summed E-state index contributed by atoms with van der Waals surface area (Å²) in [4.78, 5) is 4.76. The summed E-state index contributed by atoms with van der Waals surface area (Å²) in [7, 11) is 0. The van der Waals surface area contributed by atoms with Crippen LogP contribution in [-0.2, 0) is 6.42 Å². The maximum atomic E-state index is 6.04. The van der Waals surface area contributed by atoms with Gasteiger partial charge in [-0.2, -0.15) is 0 Å². The molecule has 1 atom stereocenters. The van der Waals surface area contributed by atoms with E-state index in [1.165, 1.54) is 16.3 Å². The smallest absolute Gasteiger partial charge is 0.0725 e. The van der Waals surface area contributed by atoms with Crippen LogP contribution in [0.1, 0.15) is 24.5 Å². The van der Waals surface area contributed by atoms with Crippen molar-refractivity contribution >= 4 is 23.8 Å². The van der Waals surface area contributed by atoms with Gasteiger partial charge in [0.25, 0.3) is 0 Å². The van der Waals surface area contributed by atoms with Crippen molar-refractivity contribution in [1.29, 1.82) is 0 Å². The maximum Gasteiger partial charge on any atom is 0.0725 e. The van der Waals surface area contributed by atoms with Gasteiger partial charge >= 0.3 is 0 Å². The summed E-state index contributed by atoms with van der Waals surface area (Å²) >= 11 is 6.04. The molecule has 0 aliphatic carbocycles. The Bertz CT molecular complexity index is 789. The average molecular weight is 296 g/mol. The van der Waals surface area contributed by atoms with Crippen molar-refractivity contribution in [1.82, 2.24) is 0 Å². The average Bonchev–Trinajstić information content (AvgIpc) is 2.52. The van der Waals surface area contributed by atoms with Crippen molar-refractivity contribution in [2.24, 2.45) is 4.99 Å². The van der Waals surface area contributed by atoms with Gasteiger partial charge in [-0.05, 0) is 41.3 Å². The second kappa shape index (κ2) is 6.28. The standard InChI is InChI=1S/C19H18ClN/c1-2-14-4-3-5-15(12-14)6-10-18-11-8-16-7-9-17(20)13-19(16)21-18/h3-10,12-13,18H,2,11H2,1H3/b10-6+. The Balaban J connectivity index is 1.84. The zero-order valence-electron chi connectivity index (χ0n) is 12.1. The van der Waals surface area contributed by atoms with Crippen LogP contribution in [0.3, 0.4) is 0 Å². The van der Waals surface area contributed by atoms with Crippen molar-refractivity contribution in [3.05, 3.63) is 75.3 Å². The van der Waals surface area contributed by atoms with Crippen molar-refractivity contribution in [3.8, 4) is 0 Å². The van der Waals surface area contributed by atoms with E-state index in [4.69, 9.17) is 16.6 Å². The molecule has 0 saturated heterocycles. The molecule has 21 heavy (non-hydrogen) atoms. The van der Waals surface area contributed by atoms with E-state index >= 15 is 0 Å². The fourth-order valence-electron chi connectivity index (χ4n) is 2.54. The normalized spacial score (nSPS) is 17.1. The van der Waals surface area contributed by atoms with E-state index < -0.39 is 0 Å². The fourth-order valence-corrected chi connectivity index (χ4v) is 2.71. The Morgan fingerprint density at radius 1 is 1.24 bits per heavy atom. The minimum Gasteiger partial charge on any atom is -0.277 e. The molecule has 0 fully saturated rings. The van der Waals surface area contributed by atoms with Crippen molar-refractivity contribution < 1.29 is 0 Å². The Morgan fingerprint density at radius 3 is 3.00 bits per heavy atom.